The molecule has 1 aliphatic rings. The van der Waals surface area contributed by atoms with E-state index in [9.17, 15) is 0 Å². The van der Waals surface area contributed by atoms with Crippen molar-refractivity contribution in [2.75, 3.05) is 13.1 Å². The Kier molecular flexibility index (Phi) is 3.71. The number of hydrogen-bond acceptors (Lipinski definition) is 4. The summed E-state index contributed by atoms with van der Waals surface area (Å²) in [5.41, 5.74) is 0. The van der Waals surface area contributed by atoms with E-state index < -0.39 is 0 Å². The van der Waals surface area contributed by atoms with Crippen molar-refractivity contribution in [3.63, 3.8) is 0 Å². The average molecular weight is 279 g/mol. The van der Waals surface area contributed by atoms with Crippen LogP contribution in [0.1, 0.15) is 18.4 Å². The third kappa shape index (κ3) is 2.91. The minimum absolute atomic E-state index is 0.177. The molecule has 0 spiro atoms. The molecule has 100 valence electrons. The van der Waals surface area contributed by atoms with Gasteiger partial charge in [-0.25, -0.2) is 4.98 Å². The normalized spacial score (nSPS) is 20.4. The van der Waals surface area contributed by atoms with E-state index in [4.69, 9.17) is 20.8 Å². The molecule has 0 amide bonds. The van der Waals surface area contributed by atoms with Crippen LogP contribution in [0.25, 0.3) is 0 Å². The second kappa shape index (κ2) is 5.63. The fourth-order valence-electron chi connectivity index (χ4n) is 2.35. The van der Waals surface area contributed by atoms with Crippen molar-refractivity contribution in [1.29, 1.82) is 0 Å². The Morgan fingerprint density at radius 1 is 1.47 bits per heavy atom. The van der Waals surface area contributed by atoms with E-state index in [1.807, 2.05) is 18.2 Å². The van der Waals surface area contributed by atoms with Gasteiger partial charge >= 0.3 is 0 Å². The quantitative estimate of drug-likeness (QED) is 0.934. The van der Waals surface area contributed by atoms with Gasteiger partial charge in [-0.2, -0.15) is 0 Å². The van der Waals surface area contributed by atoms with Gasteiger partial charge in [-0.15, -0.1) is 0 Å². The maximum absolute atomic E-state index is 6.04. The first-order valence-corrected chi connectivity index (χ1v) is 6.73. The number of oxazole rings is 1. The number of rotatable bonds is 4. The molecule has 1 aromatic carbocycles. The van der Waals surface area contributed by atoms with Gasteiger partial charge in [0.1, 0.15) is 12.0 Å². The molecule has 2 aromatic rings. The van der Waals surface area contributed by atoms with Crippen LogP contribution < -0.4 is 10.1 Å². The maximum atomic E-state index is 6.04. The SMILES string of the molecule is Clc1cccc(O[C@H](c2ncco2)[C@@H]2CCNC2)c1. The lowest BCUT2D eigenvalue weighted by molar-refractivity contribution is 0.114. The third-order valence-electron chi connectivity index (χ3n) is 3.28. The number of nitrogens with zero attached hydrogens (tertiary/aromatic N) is 1. The van der Waals surface area contributed by atoms with Gasteiger partial charge in [-0.1, -0.05) is 17.7 Å². The van der Waals surface area contributed by atoms with E-state index in [1.165, 1.54) is 0 Å². The topological polar surface area (TPSA) is 47.3 Å². The van der Waals surface area contributed by atoms with E-state index in [2.05, 4.69) is 10.3 Å². The van der Waals surface area contributed by atoms with Gasteiger partial charge in [0.05, 0.1) is 6.20 Å². The summed E-state index contributed by atoms with van der Waals surface area (Å²) in [4.78, 5) is 4.23. The van der Waals surface area contributed by atoms with E-state index in [0.29, 0.717) is 16.8 Å². The van der Waals surface area contributed by atoms with Crippen molar-refractivity contribution < 1.29 is 9.15 Å². The molecule has 3 rings (SSSR count). The molecule has 0 aliphatic carbocycles. The van der Waals surface area contributed by atoms with Crippen LogP contribution in [0.5, 0.6) is 5.75 Å². The molecule has 1 aliphatic heterocycles. The van der Waals surface area contributed by atoms with Crippen molar-refractivity contribution in [3.8, 4) is 5.75 Å². The van der Waals surface area contributed by atoms with Gasteiger partial charge in [-0.3, -0.25) is 0 Å². The highest BCUT2D eigenvalue weighted by molar-refractivity contribution is 6.30. The molecule has 0 saturated carbocycles. The highest BCUT2D eigenvalue weighted by Gasteiger charge is 2.31. The molecular weight excluding hydrogens is 264 g/mol. The molecule has 1 N–H and O–H groups in total. The first kappa shape index (κ1) is 12.5. The van der Waals surface area contributed by atoms with Crippen molar-refractivity contribution in [2.45, 2.75) is 12.5 Å². The van der Waals surface area contributed by atoms with Gasteiger partial charge in [0.15, 0.2) is 6.10 Å². The van der Waals surface area contributed by atoms with Crippen molar-refractivity contribution in [2.24, 2.45) is 5.92 Å². The molecule has 1 aromatic heterocycles. The van der Waals surface area contributed by atoms with Gasteiger partial charge < -0.3 is 14.5 Å². The van der Waals surface area contributed by atoms with Crippen LogP contribution in [0.4, 0.5) is 0 Å². The first-order chi connectivity index (χ1) is 9.33. The van der Waals surface area contributed by atoms with E-state index >= 15 is 0 Å². The van der Waals surface area contributed by atoms with Crippen LogP contribution in [0, 0.1) is 5.92 Å². The molecule has 1 saturated heterocycles. The first-order valence-electron chi connectivity index (χ1n) is 6.35. The number of nitrogens with one attached hydrogen (secondary N) is 1. The minimum Gasteiger partial charge on any atom is -0.480 e. The predicted octanol–water partition coefficient (Wildman–Crippen LogP) is 3.06. The predicted molar refractivity (Wildman–Crippen MR) is 72.3 cm³/mol. The number of benzene rings is 1. The number of halogens is 1. The van der Waals surface area contributed by atoms with E-state index in [0.717, 1.165) is 25.3 Å². The molecule has 2 atom stereocenters. The van der Waals surface area contributed by atoms with E-state index in [1.54, 1.807) is 18.5 Å². The highest BCUT2D eigenvalue weighted by Crippen LogP contribution is 2.31. The lowest BCUT2D eigenvalue weighted by Gasteiger charge is -2.21. The Hall–Kier alpha value is -1.52. The molecule has 2 heterocycles. The lowest BCUT2D eigenvalue weighted by Crippen LogP contribution is -2.21. The van der Waals surface area contributed by atoms with Crippen LogP contribution in [0.2, 0.25) is 5.02 Å². The van der Waals surface area contributed by atoms with Crippen molar-refractivity contribution in [3.05, 3.63) is 47.6 Å². The largest absolute Gasteiger partial charge is 0.480 e. The van der Waals surface area contributed by atoms with Gasteiger partial charge in [0, 0.05) is 17.5 Å². The minimum atomic E-state index is -0.177. The smallest absolute Gasteiger partial charge is 0.235 e. The molecule has 0 unspecified atom stereocenters. The summed E-state index contributed by atoms with van der Waals surface area (Å²) in [5.74, 6) is 1.72. The third-order valence-corrected chi connectivity index (χ3v) is 3.52. The fraction of sp³-hybridized carbons (Fsp3) is 0.357. The molecule has 4 nitrogen and oxygen atoms in total. The number of aromatic nitrogens is 1. The monoisotopic (exact) mass is 278 g/mol. The number of ether oxygens (including phenoxy) is 1. The summed E-state index contributed by atoms with van der Waals surface area (Å²) in [5, 5.41) is 4.00. The average Bonchev–Trinajstić information content (AvgIpc) is 3.10. The zero-order chi connectivity index (χ0) is 13.1. The molecule has 19 heavy (non-hydrogen) atoms. The fourth-order valence-corrected chi connectivity index (χ4v) is 2.53. The summed E-state index contributed by atoms with van der Waals surface area (Å²) < 4.78 is 11.5. The molecule has 0 radical (unpaired) electrons. The summed E-state index contributed by atoms with van der Waals surface area (Å²) in [6.45, 7) is 1.91. The molecular formula is C14H15ClN2O2. The molecule has 5 heteroatoms. The zero-order valence-corrected chi connectivity index (χ0v) is 11.1. The van der Waals surface area contributed by atoms with Crippen LogP contribution in [-0.2, 0) is 0 Å². The summed E-state index contributed by atoms with van der Waals surface area (Å²) in [7, 11) is 0. The van der Waals surface area contributed by atoms with Gasteiger partial charge in [0.2, 0.25) is 5.89 Å². The second-order valence-electron chi connectivity index (χ2n) is 4.62. The van der Waals surface area contributed by atoms with Crippen molar-refractivity contribution >= 4 is 11.6 Å². The van der Waals surface area contributed by atoms with Crippen molar-refractivity contribution in [1.82, 2.24) is 10.3 Å². The lowest BCUT2D eigenvalue weighted by atomic mass is 10.0. The molecule has 0 bridgehead atoms. The Labute approximate surface area is 116 Å². The molecule has 1 fully saturated rings. The van der Waals surface area contributed by atoms with E-state index in [-0.39, 0.29) is 6.10 Å². The van der Waals surface area contributed by atoms with Crippen LogP contribution in [-0.4, -0.2) is 18.1 Å². The standard InChI is InChI=1S/C14H15ClN2O2/c15-11-2-1-3-12(8-11)19-13(10-4-5-16-9-10)14-17-6-7-18-14/h1-3,6-8,10,13,16H,4-5,9H2/t10-,13+/m1/s1. The number of hydrogen-bond donors (Lipinski definition) is 1. The van der Waals surface area contributed by atoms with Gasteiger partial charge in [-0.05, 0) is 31.2 Å². The van der Waals surface area contributed by atoms with Crippen LogP contribution in [0.3, 0.4) is 0 Å². The van der Waals surface area contributed by atoms with Crippen LogP contribution >= 0.6 is 11.6 Å². The van der Waals surface area contributed by atoms with Crippen LogP contribution in [0.15, 0.2) is 41.1 Å². The summed E-state index contributed by atoms with van der Waals surface area (Å²) >= 11 is 5.98. The maximum Gasteiger partial charge on any atom is 0.235 e. The summed E-state index contributed by atoms with van der Waals surface area (Å²) in [6.07, 6.45) is 4.09. The Balaban J connectivity index is 1.83. The Morgan fingerprint density at radius 3 is 3.11 bits per heavy atom. The summed E-state index contributed by atoms with van der Waals surface area (Å²) in [6, 6.07) is 7.40. The highest BCUT2D eigenvalue weighted by atomic mass is 35.5. The zero-order valence-electron chi connectivity index (χ0n) is 10.4. The Bertz CT molecular complexity index is 524. The van der Waals surface area contributed by atoms with Gasteiger partial charge in [0.25, 0.3) is 0 Å². The Morgan fingerprint density at radius 2 is 2.42 bits per heavy atom. The second-order valence-corrected chi connectivity index (χ2v) is 5.06.